The van der Waals surface area contributed by atoms with Crippen LogP contribution in [0.25, 0.3) is 0 Å². The molecule has 0 saturated heterocycles. The van der Waals surface area contributed by atoms with Crippen molar-refractivity contribution in [3.63, 3.8) is 0 Å². The number of hydrogen-bond donors (Lipinski definition) is 1. The van der Waals surface area contributed by atoms with Crippen LogP contribution in [-0.2, 0) is 0 Å². The van der Waals surface area contributed by atoms with Crippen LogP contribution in [-0.4, -0.2) is 19.9 Å². The first-order valence-electron chi connectivity index (χ1n) is 11.8. The van der Waals surface area contributed by atoms with Crippen LogP contribution < -0.4 is 14.8 Å². The molecule has 0 aromatic heterocycles. The average molecular weight is 517 g/mol. The van der Waals surface area contributed by atoms with Gasteiger partial charge < -0.3 is 14.8 Å². The summed E-state index contributed by atoms with van der Waals surface area (Å²) in [6.07, 6.45) is 8.61. The number of nitrogens with one attached hydrogen (secondary N) is 1. The predicted octanol–water partition coefficient (Wildman–Crippen LogP) is 7.82. The molecule has 0 radical (unpaired) electrons. The van der Waals surface area contributed by atoms with Gasteiger partial charge in [-0.25, -0.2) is 0 Å². The molecule has 1 N–H and O–H groups in total. The molecule has 5 heteroatoms. The number of halogens is 1. The minimum Gasteiger partial charge on any atom is -0.493 e. The maximum absolute atomic E-state index is 5.82. The lowest BCUT2D eigenvalue weighted by atomic mass is 9.77. The van der Waals surface area contributed by atoms with Crippen molar-refractivity contribution in [3.8, 4) is 11.5 Å². The molecule has 0 saturated carbocycles. The molecule has 0 unspecified atom stereocenters. The molecule has 0 fully saturated rings. The van der Waals surface area contributed by atoms with Crippen molar-refractivity contribution in [3.05, 3.63) is 94.0 Å². The van der Waals surface area contributed by atoms with Gasteiger partial charge in [-0.15, -0.1) is 0 Å². The molecule has 1 heterocycles. The van der Waals surface area contributed by atoms with Crippen LogP contribution in [0.2, 0.25) is 0 Å². The number of nitrogens with zero attached hydrogens (tertiary/aromatic N) is 1. The zero-order chi connectivity index (χ0) is 23.5. The molecule has 174 valence electrons. The Morgan fingerprint density at radius 1 is 1.12 bits per heavy atom. The topological polar surface area (TPSA) is 42.8 Å². The summed E-state index contributed by atoms with van der Waals surface area (Å²) in [7, 11) is 1.66. The Morgan fingerprint density at radius 3 is 2.74 bits per heavy atom. The van der Waals surface area contributed by atoms with Crippen molar-refractivity contribution in [1.29, 1.82) is 0 Å². The van der Waals surface area contributed by atoms with Crippen LogP contribution in [0.1, 0.15) is 48.4 Å². The van der Waals surface area contributed by atoms with Gasteiger partial charge >= 0.3 is 0 Å². The Balaban J connectivity index is 1.34. The lowest BCUT2D eigenvalue weighted by molar-refractivity contribution is 0.292. The number of hydrogen-bond acceptors (Lipinski definition) is 4. The molecule has 0 spiro atoms. The fourth-order valence-corrected chi connectivity index (χ4v) is 5.52. The molecule has 1 aliphatic heterocycles. The van der Waals surface area contributed by atoms with E-state index in [1.54, 1.807) is 7.11 Å². The number of para-hydroxylation sites is 1. The van der Waals surface area contributed by atoms with Gasteiger partial charge in [0.15, 0.2) is 11.5 Å². The highest BCUT2D eigenvalue weighted by atomic mass is 79.9. The number of fused-ring (bicyclic) bond motifs is 3. The minimum atomic E-state index is 0.295. The van der Waals surface area contributed by atoms with Gasteiger partial charge in [-0.2, -0.15) is 0 Å². The Bertz CT molecular complexity index is 1220. The molecule has 3 aromatic carbocycles. The van der Waals surface area contributed by atoms with E-state index in [-0.39, 0.29) is 0 Å². The number of methoxy groups -OCH3 is 1. The second-order valence-electron chi connectivity index (χ2n) is 8.80. The molecule has 34 heavy (non-hydrogen) atoms. The SMILES string of the molecule is CCCOc1c(Br)cc(C=Nc2ccc([C@@H]3Nc4ccccc4[C@@H]4C=CC[C@H]43)cc2)cc1OC. The Labute approximate surface area is 209 Å². The first-order valence-corrected chi connectivity index (χ1v) is 12.6. The summed E-state index contributed by atoms with van der Waals surface area (Å²) in [5.41, 5.74) is 5.82. The lowest BCUT2D eigenvalue weighted by Gasteiger charge is -2.37. The number of rotatable bonds is 7. The number of benzene rings is 3. The van der Waals surface area contributed by atoms with Crippen molar-refractivity contribution < 1.29 is 9.47 Å². The zero-order valence-electron chi connectivity index (χ0n) is 19.5. The predicted molar refractivity (Wildman–Crippen MR) is 143 cm³/mol. The molecular weight excluding hydrogens is 488 g/mol. The van der Waals surface area contributed by atoms with Gasteiger partial charge in [-0.1, -0.05) is 49.4 Å². The van der Waals surface area contributed by atoms with Crippen LogP contribution >= 0.6 is 15.9 Å². The van der Waals surface area contributed by atoms with Gasteiger partial charge in [0.05, 0.1) is 29.9 Å². The highest BCUT2D eigenvalue weighted by Gasteiger charge is 2.37. The average Bonchev–Trinajstić information content (AvgIpc) is 3.37. The quantitative estimate of drug-likeness (QED) is 0.257. The smallest absolute Gasteiger partial charge is 0.175 e. The summed E-state index contributed by atoms with van der Waals surface area (Å²) in [5, 5.41) is 3.79. The Kier molecular flexibility index (Phi) is 6.73. The van der Waals surface area contributed by atoms with Crippen LogP contribution in [0, 0.1) is 5.92 Å². The number of ether oxygens (including phenoxy) is 2. The van der Waals surface area contributed by atoms with E-state index in [4.69, 9.17) is 14.5 Å². The van der Waals surface area contributed by atoms with Gasteiger partial charge in [0.25, 0.3) is 0 Å². The van der Waals surface area contributed by atoms with Crippen molar-refractivity contribution in [1.82, 2.24) is 0 Å². The van der Waals surface area contributed by atoms with Gasteiger partial charge in [-0.05, 0) is 81.7 Å². The third-order valence-electron chi connectivity index (χ3n) is 6.59. The monoisotopic (exact) mass is 516 g/mol. The largest absolute Gasteiger partial charge is 0.493 e. The molecule has 1 aliphatic carbocycles. The highest BCUT2D eigenvalue weighted by Crippen LogP contribution is 2.49. The van der Waals surface area contributed by atoms with E-state index in [1.807, 2.05) is 18.3 Å². The zero-order valence-corrected chi connectivity index (χ0v) is 21.1. The number of aliphatic imine (C=N–C) groups is 1. The maximum atomic E-state index is 5.82. The molecule has 0 amide bonds. The van der Waals surface area contributed by atoms with E-state index in [2.05, 4.69) is 88.9 Å². The molecular formula is C29H29BrN2O2. The number of allylic oxidation sites excluding steroid dienone is 2. The van der Waals surface area contributed by atoms with Crippen LogP contribution in [0.3, 0.4) is 0 Å². The molecule has 0 bridgehead atoms. The lowest BCUT2D eigenvalue weighted by Crippen LogP contribution is -2.28. The van der Waals surface area contributed by atoms with E-state index >= 15 is 0 Å². The summed E-state index contributed by atoms with van der Waals surface area (Å²) in [4.78, 5) is 4.70. The summed E-state index contributed by atoms with van der Waals surface area (Å²) >= 11 is 3.60. The highest BCUT2D eigenvalue weighted by molar-refractivity contribution is 9.10. The van der Waals surface area contributed by atoms with E-state index in [0.717, 1.165) is 34.3 Å². The van der Waals surface area contributed by atoms with Crippen molar-refractivity contribution >= 4 is 33.5 Å². The fraction of sp³-hybridized carbons (Fsp3) is 0.276. The van der Waals surface area contributed by atoms with Crippen LogP contribution in [0.15, 0.2) is 82.3 Å². The summed E-state index contributed by atoms with van der Waals surface area (Å²) in [6.45, 7) is 2.73. The normalized spacial score (nSPS) is 20.6. The summed E-state index contributed by atoms with van der Waals surface area (Å²) in [6, 6.07) is 21.5. The molecule has 5 rings (SSSR count). The van der Waals surface area contributed by atoms with Gasteiger partial charge in [0.1, 0.15) is 0 Å². The molecule has 3 aromatic rings. The molecule has 2 aliphatic rings. The number of anilines is 1. The first-order chi connectivity index (χ1) is 16.7. The first kappa shape index (κ1) is 22.7. The third-order valence-corrected chi connectivity index (χ3v) is 7.18. The Hall–Kier alpha value is -3.05. The van der Waals surface area contributed by atoms with Crippen molar-refractivity contribution in [2.75, 3.05) is 19.0 Å². The van der Waals surface area contributed by atoms with Gasteiger partial charge in [0, 0.05) is 17.8 Å². The van der Waals surface area contributed by atoms with E-state index in [0.29, 0.717) is 30.2 Å². The summed E-state index contributed by atoms with van der Waals surface area (Å²) in [5.74, 6) is 2.45. The minimum absolute atomic E-state index is 0.295. The van der Waals surface area contributed by atoms with E-state index in [9.17, 15) is 0 Å². The molecule has 4 nitrogen and oxygen atoms in total. The van der Waals surface area contributed by atoms with Crippen LogP contribution in [0.5, 0.6) is 11.5 Å². The van der Waals surface area contributed by atoms with Gasteiger partial charge in [0.2, 0.25) is 0 Å². The standard InChI is InChI=1S/C29H29BrN2O2/c1-3-15-34-29-25(30)16-19(17-27(29)33-2)18-31-21-13-11-20(12-14-21)28-24-9-6-8-22(24)23-7-4-5-10-26(23)32-28/h4-8,10-14,16-18,22,24,28,32H,3,9,15H2,1-2H3/t22-,24+,28-/m0/s1. The van der Waals surface area contributed by atoms with E-state index in [1.165, 1.54) is 16.8 Å². The van der Waals surface area contributed by atoms with E-state index < -0.39 is 0 Å². The second-order valence-corrected chi connectivity index (χ2v) is 9.65. The second kappa shape index (κ2) is 10.1. The maximum Gasteiger partial charge on any atom is 0.175 e. The Morgan fingerprint density at radius 2 is 1.94 bits per heavy atom. The molecule has 3 atom stereocenters. The van der Waals surface area contributed by atoms with Crippen molar-refractivity contribution in [2.45, 2.75) is 31.7 Å². The van der Waals surface area contributed by atoms with Crippen molar-refractivity contribution in [2.24, 2.45) is 10.9 Å². The summed E-state index contributed by atoms with van der Waals surface area (Å²) < 4.78 is 12.2. The van der Waals surface area contributed by atoms with Crippen LogP contribution in [0.4, 0.5) is 11.4 Å². The fourth-order valence-electron chi connectivity index (χ4n) is 4.95. The van der Waals surface area contributed by atoms with Gasteiger partial charge in [-0.3, -0.25) is 4.99 Å². The third kappa shape index (κ3) is 4.49.